The zero-order chi connectivity index (χ0) is 20.3. The molecule has 1 aliphatic heterocycles. The Bertz CT molecular complexity index is 1060. The largest absolute Gasteiger partial charge is 0.342 e. The molecule has 1 saturated heterocycles. The van der Waals surface area contributed by atoms with Crippen molar-refractivity contribution >= 4 is 43.2 Å². The van der Waals surface area contributed by atoms with Gasteiger partial charge in [-0.15, -0.1) is 0 Å². The minimum atomic E-state index is -3.84. The van der Waals surface area contributed by atoms with Gasteiger partial charge >= 0.3 is 0 Å². The Morgan fingerprint density at radius 3 is 2.54 bits per heavy atom. The van der Waals surface area contributed by atoms with Crippen molar-refractivity contribution in [3.8, 4) is 0 Å². The number of carbonyl (C=O) groups excluding carboxylic acids is 2. The fourth-order valence-corrected chi connectivity index (χ4v) is 5.68. The normalized spacial score (nSPS) is 15.9. The van der Waals surface area contributed by atoms with Crippen LogP contribution in [0.5, 0.6) is 0 Å². The second-order valence-corrected chi connectivity index (χ2v) is 10.2. The Morgan fingerprint density at radius 1 is 1.14 bits per heavy atom. The Balaban J connectivity index is 1.77. The van der Waals surface area contributed by atoms with Crippen LogP contribution in [0.4, 0.5) is 0 Å². The van der Waals surface area contributed by atoms with E-state index in [0.717, 1.165) is 35.0 Å². The predicted octanol–water partition coefficient (Wildman–Crippen LogP) is 1.89. The fourth-order valence-electron chi connectivity index (χ4n) is 3.37. The van der Waals surface area contributed by atoms with Crippen LogP contribution in [0.1, 0.15) is 31.7 Å². The summed E-state index contributed by atoms with van der Waals surface area (Å²) in [6, 6.07) is 5.98. The summed E-state index contributed by atoms with van der Waals surface area (Å²) in [5, 5.41) is 0. The molecule has 0 aliphatic carbocycles. The molecule has 2 aromatic rings. The molecular formula is C19H25N3O4S2. The number of rotatable bonds is 5. The van der Waals surface area contributed by atoms with E-state index in [1.165, 1.54) is 11.3 Å². The van der Waals surface area contributed by atoms with Crippen molar-refractivity contribution in [2.24, 2.45) is 4.99 Å². The number of thiazole rings is 1. The monoisotopic (exact) mass is 423 g/mol. The number of hydrogen-bond acceptors (Lipinski definition) is 5. The molecule has 2 heterocycles. The summed E-state index contributed by atoms with van der Waals surface area (Å²) in [7, 11) is -3.84. The zero-order valence-electron chi connectivity index (χ0n) is 16.2. The molecular weight excluding hydrogens is 398 g/mol. The van der Waals surface area contributed by atoms with Gasteiger partial charge in [0.25, 0.3) is 5.91 Å². The van der Waals surface area contributed by atoms with Gasteiger partial charge in [0.05, 0.1) is 10.2 Å². The van der Waals surface area contributed by atoms with Crippen LogP contribution < -0.4 is 4.80 Å². The summed E-state index contributed by atoms with van der Waals surface area (Å²) in [4.78, 5) is 30.6. The predicted molar refractivity (Wildman–Crippen MR) is 110 cm³/mol. The number of amides is 2. The van der Waals surface area contributed by atoms with E-state index in [1.54, 1.807) is 4.90 Å². The summed E-state index contributed by atoms with van der Waals surface area (Å²) in [6.45, 7) is 5.73. The number of sulfone groups is 1. The van der Waals surface area contributed by atoms with Crippen molar-refractivity contribution in [1.82, 2.24) is 9.47 Å². The van der Waals surface area contributed by atoms with Gasteiger partial charge in [0.15, 0.2) is 14.6 Å². The van der Waals surface area contributed by atoms with E-state index in [2.05, 4.69) is 4.99 Å². The van der Waals surface area contributed by atoms with Crippen LogP contribution in [0.25, 0.3) is 10.2 Å². The van der Waals surface area contributed by atoms with Crippen molar-refractivity contribution in [3.63, 3.8) is 0 Å². The van der Waals surface area contributed by atoms with Gasteiger partial charge in [-0.05, 0) is 50.8 Å². The third-order valence-corrected chi connectivity index (χ3v) is 7.19. The van der Waals surface area contributed by atoms with E-state index < -0.39 is 33.2 Å². The van der Waals surface area contributed by atoms with Gasteiger partial charge in [-0.3, -0.25) is 9.59 Å². The van der Waals surface area contributed by atoms with Crippen LogP contribution in [-0.2, 0) is 26.0 Å². The highest BCUT2D eigenvalue weighted by molar-refractivity contribution is 7.92. The average Bonchev–Trinajstić information content (AvgIpc) is 2.97. The van der Waals surface area contributed by atoms with E-state index in [9.17, 15) is 18.0 Å². The van der Waals surface area contributed by atoms with Gasteiger partial charge in [0, 0.05) is 19.6 Å². The molecule has 3 rings (SSSR count). The Morgan fingerprint density at radius 2 is 1.86 bits per heavy atom. The lowest BCUT2D eigenvalue weighted by molar-refractivity contribution is -0.129. The first-order valence-electron chi connectivity index (χ1n) is 9.45. The van der Waals surface area contributed by atoms with Gasteiger partial charge in [-0.2, -0.15) is 4.99 Å². The first kappa shape index (κ1) is 20.7. The van der Waals surface area contributed by atoms with E-state index >= 15 is 0 Å². The molecule has 0 N–H and O–H groups in total. The number of aromatic nitrogens is 1. The van der Waals surface area contributed by atoms with Crippen molar-refractivity contribution in [3.05, 3.63) is 28.6 Å². The highest BCUT2D eigenvalue weighted by Gasteiger charge is 2.25. The molecule has 0 bridgehead atoms. The molecule has 1 aliphatic rings. The minimum Gasteiger partial charge on any atom is -0.342 e. The highest BCUT2D eigenvalue weighted by atomic mass is 32.2. The van der Waals surface area contributed by atoms with Gasteiger partial charge < -0.3 is 9.47 Å². The molecule has 0 unspecified atom stereocenters. The van der Waals surface area contributed by atoms with E-state index in [0.29, 0.717) is 24.4 Å². The first-order chi connectivity index (χ1) is 13.3. The van der Waals surface area contributed by atoms with Gasteiger partial charge in [0.1, 0.15) is 11.5 Å². The van der Waals surface area contributed by atoms with E-state index in [1.807, 2.05) is 36.6 Å². The highest BCUT2D eigenvalue weighted by Crippen LogP contribution is 2.18. The third-order valence-electron chi connectivity index (χ3n) is 4.77. The number of fused-ring (bicyclic) bond motifs is 1. The number of aryl methyl sites for hydroxylation is 2. The Labute approximate surface area is 168 Å². The van der Waals surface area contributed by atoms with Crippen LogP contribution >= 0.6 is 11.3 Å². The SMILES string of the molecule is CCn1c(=NC(=O)CS(=O)(=O)CC(=O)N2CCCCC2)sc2cc(C)ccc21. The summed E-state index contributed by atoms with van der Waals surface area (Å²) < 4.78 is 27.5. The van der Waals surface area contributed by atoms with Gasteiger partial charge in [-0.1, -0.05) is 17.4 Å². The fraction of sp³-hybridized carbons (Fsp3) is 0.526. The smallest absolute Gasteiger partial charge is 0.263 e. The molecule has 2 amide bonds. The van der Waals surface area contributed by atoms with Crippen molar-refractivity contribution in [1.29, 1.82) is 0 Å². The second-order valence-electron chi connectivity index (χ2n) is 7.08. The molecule has 9 heteroatoms. The summed E-state index contributed by atoms with van der Waals surface area (Å²) in [5.41, 5.74) is 2.07. The molecule has 28 heavy (non-hydrogen) atoms. The van der Waals surface area contributed by atoms with E-state index in [-0.39, 0.29) is 0 Å². The van der Waals surface area contributed by atoms with E-state index in [4.69, 9.17) is 0 Å². The van der Waals surface area contributed by atoms with Crippen molar-refractivity contribution < 1.29 is 18.0 Å². The van der Waals surface area contributed by atoms with Crippen LogP contribution in [0.15, 0.2) is 23.2 Å². The quantitative estimate of drug-likeness (QED) is 0.735. The zero-order valence-corrected chi connectivity index (χ0v) is 17.8. The van der Waals surface area contributed by atoms with Crippen LogP contribution in [0.2, 0.25) is 0 Å². The minimum absolute atomic E-state index is 0.423. The Hall–Kier alpha value is -2.00. The molecule has 0 spiro atoms. The van der Waals surface area contributed by atoms with Crippen molar-refractivity contribution in [2.45, 2.75) is 39.7 Å². The van der Waals surface area contributed by atoms with Crippen LogP contribution in [0, 0.1) is 6.92 Å². The molecule has 1 fully saturated rings. The standard InChI is InChI=1S/C19H25N3O4S2/c1-3-22-15-8-7-14(2)11-16(15)27-19(22)20-17(23)12-28(25,26)13-18(24)21-9-5-4-6-10-21/h7-8,11H,3-6,9-10,12-13H2,1-2H3. The molecule has 1 aromatic carbocycles. The number of hydrogen-bond donors (Lipinski definition) is 0. The van der Waals surface area contributed by atoms with Gasteiger partial charge in [-0.25, -0.2) is 8.42 Å². The number of nitrogens with zero attached hydrogens (tertiary/aromatic N) is 3. The maximum Gasteiger partial charge on any atom is 0.263 e. The summed E-state index contributed by atoms with van der Waals surface area (Å²) in [6.07, 6.45) is 2.84. The lowest BCUT2D eigenvalue weighted by Gasteiger charge is -2.26. The second kappa shape index (κ2) is 8.57. The molecule has 1 aromatic heterocycles. The number of carbonyl (C=O) groups is 2. The molecule has 0 saturated carbocycles. The molecule has 0 atom stereocenters. The van der Waals surface area contributed by atoms with Gasteiger partial charge in [0.2, 0.25) is 5.91 Å². The maximum atomic E-state index is 12.3. The topological polar surface area (TPSA) is 88.8 Å². The number of piperidine rings is 1. The number of benzene rings is 1. The molecule has 7 nitrogen and oxygen atoms in total. The number of likely N-dealkylation sites (tertiary alicyclic amines) is 1. The summed E-state index contributed by atoms with van der Waals surface area (Å²) in [5.74, 6) is -2.54. The van der Waals surface area contributed by atoms with Crippen LogP contribution in [0.3, 0.4) is 0 Å². The first-order valence-corrected chi connectivity index (χ1v) is 12.1. The third kappa shape index (κ3) is 4.88. The van der Waals surface area contributed by atoms with Crippen molar-refractivity contribution in [2.75, 3.05) is 24.6 Å². The Kier molecular flexibility index (Phi) is 6.34. The lowest BCUT2D eigenvalue weighted by Crippen LogP contribution is -2.40. The molecule has 152 valence electrons. The van der Waals surface area contributed by atoms with Crippen LogP contribution in [-0.4, -0.2) is 54.3 Å². The lowest BCUT2D eigenvalue weighted by atomic mass is 10.1. The summed E-state index contributed by atoms with van der Waals surface area (Å²) >= 11 is 1.36. The average molecular weight is 424 g/mol. The maximum absolute atomic E-state index is 12.3. The molecule has 0 radical (unpaired) electrons.